The van der Waals surface area contributed by atoms with Crippen molar-refractivity contribution in [2.45, 2.75) is 0 Å². The van der Waals surface area contributed by atoms with Gasteiger partial charge < -0.3 is 11.5 Å². The van der Waals surface area contributed by atoms with Crippen molar-refractivity contribution in [3.63, 3.8) is 0 Å². The minimum atomic E-state index is 0.480. The Morgan fingerprint density at radius 2 is 1.53 bits per heavy atom. The molecule has 17 heavy (non-hydrogen) atoms. The zero-order valence-corrected chi connectivity index (χ0v) is 9.62. The largest absolute Gasteiger partial charge is 0.384 e. The lowest BCUT2D eigenvalue weighted by Gasteiger charge is -1.93. The molecule has 1 heterocycles. The van der Waals surface area contributed by atoms with Crippen molar-refractivity contribution >= 4 is 17.2 Å². The Morgan fingerprint density at radius 3 is 2.12 bits per heavy atom. The molecule has 88 valence electrons. The molecule has 0 unspecified atom stereocenters. The topological polar surface area (TPSA) is 89.7 Å². The molecule has 2 rings (SSSR count). The molecule has 0 saturated carbocycles. The fourth-order valence-corrected chi connectivity index (χ4v) is 1.07. The second-order valence-corrected chi connectivity index (χ2v) is 2.98. The minimum absolute atomic E-state index is 0.480. The summed E-state index contributed by atoms with van der Waals surface area (Å²) >= 11 is 0. The Bertz CT molecular complexity index is 450. The highest BCUT2D eigenvalue weighted by Crippen LogP contribution is 2.16. The van der Waals surface area contributed by atoms with Crippen molar-refractivity contribution in [2.75, 3.05) is 12.8 Å². The van der Waals surface area contributed by atoms with Gasteiger partial charge >= 0.3 is 0 Å². The Kier molecular flexibility index (Phi) is 5.33. The van der Waals surface area contributed by atoms with Gasteiger partial charge in [-0.05, 0) is 31.3 Å². The van der Waals surface area contributed by atoms with Crippen molar-refractivity contribution in [3.8, 4) is 0 Å². The maximum atomic E-state index is 5.45. The minimum Gasteiger partial charge on any atom is -0.384 e. The molecule has 4 N–H and O–H groups in total. The van der Waals surface area contributed by atoms with E-state index in [0.717, 1.165) is 5.69 Å². The van der Waals surface area contributed by atoms with Gasteiger partial charge in [-0.2, -0.15) is 5.11 Å². The average molecular weight is 229 g/mol. The van der Waals surface area contributed by atoms with Gasteiger partial charge in [-0.3, -0.25) is 0 Å². The van der Waals surface area contributed by atoms with Crippen LogP contribution < -0.4 is 11.5 Å². The van der Waals surface area contributed by atoms with E-state index in [1.165, 1.54) is 7.05 Å². The van der Waals surface area contributed by atoms with Gasteiger partial charge in [0.1, 0.15) is 11.5 Å². The third-order valence-corrected chi connectivity index (χ3v) is 1.81. The van der Waals surface area contributed by atoms with Gasteiger partial charge in [0, 0.05) is 0 Å². The first-order valence-corrected chi connectivity index (χ1v) is 5.11. The van der Waals surface area contributed by atoms with E-state index in [9.17, 15) is 0 Å². The summed E-state index contributed by atoms with van der Waals surface area (Å²) in [6.07, 6.45) is 1.59. The molecule has 0 bridgehead atoms. The molecule has 0 saturated heterocycles. The molecule has 0 spiro atoms. The summed E-state index contributed by atoms with van der Waals surface area (Å²) in [6, 6.07) is 13.0. The Morgan fingerprint density at radius 1 is 0.882 bits per heavy atom. The lowest BCUT2D eigenvalue weighted by molar-refractivity contribution is 1.20. The molecule has 0 aliphatic carbocycles. The van der Waals surface area contributed by atoms with Gasteiger partial charge in [0.05, 0.1) is 11.9 Å². The third kappa shape index (κ3) is 4.40. The quantitative estimate of drug-likeness (QED) is 0.775. The standard InChI is InChI=1S/C11H10N4.CH5N/c12-11-7-6-10(8-13-11)15-14-9-4-2-1-3-5-9;1-2/h1-8H,(H2,12,13);2H2,1H3. The molecule has 0 fully saturated rings. The third-order valence-electron chi connectivity index (χ3n) is 1.81. The highest BCUT2D eigenvalue weighted by atomic mass is 15.1. The van der Waals surface area contributed by atoms with Crippen LogP contribution >= 0.6 is 0 Å². The summed E-state index contributed by atoms with van der Waals surface area (Å²) < 4.78 is 0. The SMILES string of the molecule is CN.Nc1ccc(N=Nc2ccccc2)cn1. The van der Waals surface area contributed by atoms with Crippen LogP contribution in [0.25, 0.3) is 0 Å². The van der Waals surface area contributed by atoms with Gasteiger partial charge in [-0.1, -0.05) is 18.2 Å². The van der Waals surface area contributed by atoms with E-state index in [0.29, 0.717) is 11.5 Å². The van der Waals surface area contributed by atoms with Gasteiger partial charge in [-0.25, -0.2) is 4.98 Å². The summed E-state index contributed by atoms with van der Waals surface area (Å²) in [5, 5.41) is 8.07. The van der Waals surface area contributed by atoms with Crippen LogP contribution in [0.2, 0.25) is 0 Å². The highest BCUT2D eigenvalue weighted by molar-refractivity contribution is 5.41. The van der Waals surface area contributed by atoms with Crippen LogP contribution in [-0.4, -0.2) is 12.0 Å². The molecule has 1 aromatic heterocycles. The number of rotatable bonds is 2. The molecule has 0 radical (unpaired) electrons. The Labute approximate surface area is 100 Å². The van der Waals surface area contributed by atoms with Gasteiger partial charge in [0.25, 0.3) is 0 Å². The van der Waals surface area contributed by atoms with E-state index < -0.39 is 0 Å². The maximum Gasteiger partial charge on any atom is 0.123 e. The number of benzene rings is 1. The van der Waals surface area contributed by atoms with Crippen LogP contribution in [0.15, 0.2) is 58.9 Å². The summed E-state index contributed by atoms with van der Waals surface area (Å²) in [7, 11) is 1.50. The molecule has 5 nitrogen and oxygen atoms in total. The molecule has 1 aromatic carbocycles. The average Bonchev–Trinajstić information content (AvgIpc) is 2.42. The first kappa shape index (κ1) is 12.8. The maximum absolute atomic E-state index is 5.45. The Balaban J connectivity index is 0.000000686. The van der Waals surface area contributed by atoms with Crippen molar-refractivity contribution in [1.82, 2.24) is 4.98 Å². The summed E-state index contributed by atoms with van der Waals surface area (Å²) in [5.41, 5.74) is 11.5. The van der Waals surface area contributed by atoms with Crippen LogP contribution in [0.1, 0.15) is 0 Å². The lowest BCUT2D eigenvalue weighted by atomic mass is 10.3. The number of hydrogen-bond acceptors (Lipinski definition) is 5. The molecule has 0 aliphatic rings. The number of hydrogen-bond donors (Lipinski definition) is 2. The Hall–Kier alpha value is -2.27. The van der Waals surface area contributed by atoms with Gasteiger partial charge in [0.2, 0.25) is 0 Å². The van der Waals surface area contributed by atoms with Crippen molar-refractivity contribution in [2.24, 2.45) is 16.0 Å². The molecule has 0 aliphatic heterocycles. The second-order valence-electron chi connectivity index (χ2n) is 2.98. The summed E-state index contributed by atoms with van der Waals surface area (Å²) in [5.74, 6) is 0.480. The number of anilines is 1. The molecule has 2 aromatic rings. The zero-order valence-electron chi connectivity index (χ0n) is 9.62. The molecular formula is C12H15N5. The van der Waals surface area contributed by atoms with E-state index in [2.05, 4.69) is 20.9 Å². The molecule has 0 amide bonds. The monoisotopic (exact) mass is 229 g/mol. The van der Waals surface area contributed by atoms with Crippen LogP contribution in [0.5, 0.6) is 0 Å². The van der Waals surface area contributed by atoms with E-state index in [4.69, 9.17) is 5.73 Å². The lowest BCUT2D eigenvalue weighted by Crippen LogP contribution is -1.86. The number of aromatic nitrogens is 1. The van der Waals surface area contributed by atoms with Crippen LogP contribution in [0.3, 0.4) is 0 Å². The van der Waals surface area contributed by atoms with Crippen molar-refractivity contribution < 1.29 is 0 Å². The van der Waals surface area contributed by atoms with Crippen LogP contribution in [-0.2, 0) is 0 Å². The molecular weight excluding hydrogens is 214 g/mol. The first-order valence-electron chi connectivity index (χ1n) is 5.11. The summed E-state index contributed by atoms with van der Waals surface area (Å²) in [4.78, 5) is 3.92. The van der Waals surface area contributed by atoms with E-state index >= 15 is 0 Å². The number of nitrogen functional groups attached to an aromatic ring is 1. The van der Waals surface area contributed by atoms with Gasteiger partial charge in [0.15, 0.2) is 0 Å². The van der Waals surface area contributed by atoms with E-state index in [1.807, 2.05) is 30.3 Å². The summed E-state index contributed by atoms with van der Waals surface area (Å²) in [6.45, 7) is 0. The number of pyridine rings is 1. The second kappa shape index (κ2) is 7.08. The number of azo groups is 1. The van der Waals surface area contributed by atoms with Crippen molar-refractivity contribution in [3.05, 3.63) is 48.7 Å². The highest BCUT2D eigenvalue weighted by Gasteiger charge is 1.90. The van der Waals surface area contributed by atoms with E-state index in [1.54, 1.807) is 18.3 Å². The number of nitrogens with zero attached hydrogens (tertiary/aromatic N) is 3. The number of nitrogens with two attached hydrogens (primary N) is 2. The van der Waals surface area contributed by atoms with Gasteiger partial charge in [-0.15, -0.1) is 5.11 Å². The first-order chi connectivity index (χ1) is 8.34. The fraction of sp³-hybridized carbons (Fsp3) is 0.0833. The molecule has 5 heteroatoms. The van der Waals surface area contributed by atoms with Crippen molar-refractivity contribution in [1.29, 1.82) is 0 Å². The predicted molar refractivity (Wildman–Crippen MR) is 69.4 cm³/mol. The van der Waals surface area contributed by atoms with E-state index in [-0.39, 0.29) is 0 Å². The zero-order chi connectivity index (χ0) is 12.5. The molecule has 0 atom stereocenters. The fourth-order valence-electron chi connectivity index (χ4n) is 1.07. The van der Waals surface area contributed by atoms with Crippen LogP contribution in [0.4, 0.5) is 17.2 Å². The smallest absolute Gasteiger partial charge is 0.123 e. The normalized spacial score (nSPS) is 9.76. The predicted octanol–water partition coefficient (Wildman–Crippen LogP) is 2.65. The van der Waals surface area contributed by atoms with Crippen LogP contribution in [0, 0.1) is 0 Å².